The second-order valence-electron chi connectivity index (χ2n) is 7.28. The smallest absolute Gasteiger partial charge is 0.251 e. The lowest BCUT2D eigenvalue weighted by Gasteiger charge is -2.17. The SMILES string of the molecule is CNC(=O)c1ccnc2c([C@@H](C)CNc3cc(-c4cncnc4)nc(C)n3)cccc12. The third-order valence-corrected chi connectivity index (χ3v) is 5.09. The molecule has 0 aliphatic heterocycles. The molecule has 0 bridgehead atoms. The Balaban J connectivity index is 1.59. The lowest BCUT2D eigenvalue weighted by molar-refractivity contribution is 0.0964. The summed E-state index contributed by atoms with van der Waals surface area (Å²) in [4.78, 5) is 33.9. The Bertz CT molecular complexity index is 1230. The van der Waals surface area contributed by atoms with Crippen LogP contribution in [0.1, 0.15) is 34.6 Å². The average molecular weight is 413 g/mol. The van der Waals surface area contributed by atoms with E-state index < -0.39 is 0 Å². The molecular formula is C23H23N7O. The molecule has 1 amide bonds. The van der Waals surface area contributed by atoms with Crippen molar-refractivity contribution < 1.29 is 4.79 Å². The molecule has 0 saturated carbocycles. The summed E-state index contributed by atoms with van der Waals surface area (Å²) in [7, 11) is 1.63. The van der Waals surface area contributed by atoms with Crippen LogP contribution >= 0.6 is 0 Å². The highest BCUT2D eigenvalue weighted by atomic mass is 16.1. The highest BCUT2D eigenvalue weighted by molar-refractivity contribution is 6.06. The van der Waals surface area contributed by atoms with Crippen LogP contribution in [-0.4, -0.2) is 44.4 Å². The van der Waals surface area contributed by atoms with Crippen molar-refractivity contribution in [2.45, 2.75) is 19.8 Å². The fourth-order valence-corrected chi connectivity index (χ4v) is 3.53. The Morgan fingerprint density at radius 3 is 2.71 bits per heavy atom. The van der Waals surface area contributed by atoms with Gasteiger partial charge in [0.2, 0.25) is 0 Å². The number of fused-ring (bicyclic) bond motifs is 1. The van der Waals surface area contributed by atoms with Gasteiger partial charge in [-0.15, -0.1) is 0 Å². The molecule has 0 radical (unpaired) electrons. The van der Waals surface area contributed by atoms with Crippen LogP contribution in [0.25, 0.3) is 22.2 Å². The van der Waals surface area contributed by atoms with Gasteiger partial charge in [-0.2, -0.15) is 0 Å². The Kier molecular flexibility index (Phi) is 5.79. The standard InChI is InChI=1S/C23H23N7O/c1-14(17-5-4-6-18-19(23(31)24-3)7-8-27-22(17)18)10-28-21-9-20(29-15(2)30-21)16-11-25-13-26-12-16/h4-9,11-14H,10H2,1-3H3,(H,24,31)(H,28,29,30)/t14-/m0/s1. The van der Waals surface area contributed by atoms with Gasteiger partial charge in [0.1, 0.15) is 18.0 Å². The largest absolute Gasteiger partial charge is 0.369 e. The molecule has 3 aromatic heterocycles. The summed E-state index contributed by atoms with van der Waals surface area (Å²) in [6.07, 6.45) is 6.63. The summed E-state index contributed by atoms with van der Waals surface area (Å²) in [5, 5.41) is 6.94. The molecule has 8 nitrogen and oxygen atoms in total. The lowest BCUT2D eigenvalue weighted by Crippen LogP contribution is -2.18. The van der Waals surface area contributed by atoms with Crippen LogP contribution < -0.4 is 10.6 Å². The van der Waals surface area contributed by atoms with Gasteiger partial charge in [-0.1, -0.05) is 25.1 Å². The zero-order valence-corrected chi connectivity index (χ0v) is 17.6. The van der Waals surface area contributed by atoms with Crippen LogP contribution in [0.2, 0.25) is 0 Å². The van der Waals surface area contributed by atoms with E-state index in [-0.39, 0.29) is 11.8 Å². The predicted molar refractivity (Wildman–Crippen MR) is 120 cm³/mol. The molecule has 0 unspecified atom stereocenters. The van der Waals surface area contributed by atoms with Gasteiger partial charge in [-0.05, 0) is 18.6 Å². The molecule has 3 heterocycles. The number of benzene rings is 1. The van der Waals surface area contributed by atoms with E-state index in [1.807, 2.05) is 31.2 Å². The van der Waals surface area contributed by atoms with Gasteiger partial charge in [0.05, 0.1) is 16.8 Å². The number of aromatic nitrogens is 5. The molecule has 0 saturated heterocycles. The minimum atomic E-state index is -0.121. The molecule has 156 valence electrons. The molecule has 0 fully saturated rings. The summed E-state index contributed by atoms with van der Waals surface area (Å²) in [6, 6.07) is 9.58. The first-order valence-electron chi connectivity index (χ1n) is 10.0. The second kappa shape index (κ2) is 8.83. The Morgan fingerprint density at radius 1 is 1.13 bits per heavy atom. The van der Waals surface area contributed by atoms with Crippen molar-refractivity contribution in [3.63, 3.8) is 0 Å². The van der Waals surface area contributed by atoms with Crippen molar-refractivity contribution >= 4 is 22.6 Å². The first-order valence-corrected chi connectivity index (χ1v) is 10.0. The van der Waals surface area contributed by atoms with Crippen molar-refractivity contribution in [1.29, 1.82) is 0 Å². The summed E-state index contributed by atoms with van der Waals surface area (Å²) < 4.78 is 0. The average Bonchev–Trinajstić information content (AvgIpc) is 2.81. The molecule has 31 heavy (non-hydrogen) atoms. The maximum Gasteiger partial charge on any atom is 0.251 e. The zero-order valence-electron chi connectivity index (χ0n) is 17.6. The minimum absolute atomic E-state index is 0.121. The molecule has 0 aliphatic rings. The van der Waals surface area contributed by atoms with Crippen molar-refractivity contribution in [2.24, 2.45) is 0 Å². The maximum atomic E-state index is 12.2. The van der Waals surface area contributed by atoms with Crippen LogP contribution in [0, 0.1) is 6.92 Å². The molecule has 0 spiro atoms. The fraction of sp³-hybridized carbons (Fsp3) is 0.217. The van der Waals surface area contributed by atoms with E-state index in [9.17, 15) is 4.79 Å². The number of para-hydroxylation sites is 1. The van der Waals surface area contributed by atoms with Crippen molar-refractivity contribution in [3.05, 3.63) is 72.2 Å². The van der Waals surface area contributed by atoms with Gasteiger partial charge in [-0.3, -0.25) is 9.78 Å². The maximum absolute atomic E-state index is 12.2. The number of pyridine rings is 1. The van der Waals surface area contributed by atoms with Crippen molar-refractivity contribution in [3.8, 4) is 11.3 Å². The number of nitrogens with zero attached hydrogens (tertiary/aromatic N) is 5. The van der Waals surface area contributed by atoms with Crippen LogP contribution in [0.5, 0.6) is 0 Å². The first kappa shape index (κ1) is 20.3. The fourth-order valence-electron chi connectivity index (χ4n) is 3.53. The third-order valence-electron chi connectivity index (χ3n) is 5.09. The zero-order chi connectivity index (χ0) is 21.8. The Labute approximate surface area is 180 Å². The molecular weight excluding hydrogens is 390 g/mol. The van der Waals surface area contributed by atoms with E-state index in [2.05, 4.69) is 42.5 Å². The molecule has 4 aromatic rings. The molecule has 0 aliphatic carbocycles. The van der Waals surface area contributed by atoms with Gasteiger partial charge in [0, 0.05) is 55.1 Å². The number of anilines is 1. The van der Waals surface area contributed by atoms with Crippen molar-refractivity contribution in [1.82, 2.24) is 30.2 Å². The first-order chi connectivity index (χ1) is 15.1. The lowest BCUT2D eigenvalue weighted by atomic mass is 9.96. The quantitative estimate of drug-likeness (QED) is 0.499. The van der Waals surface area contributed by atoms with Gasteiger partial charge >= 0.3 is 0 Å². The van der Waals surface area contributed by atoms with Crippen LogP contribution in [0.15, 0.2) is 55.2 Å². The van der Waals surface area contributed by atoms with Gasteiger partial charge < -0.3 is 10.6 Å². The molecule has 8 heteroatoms. The number of aryl methyl sites for hydroxylation is 1. The molecule has 1 aromatic carbocycles. The van der Waals surface area contributed by atoms with Gasteiger partial charge in [0.15, 0.2) is 0 Å². The van der Waals surface area contributed by atoms with E-state index in [0.29, 0.717) is 17.9 Å². The third kappa shape index (κ3) is 4.32. The molecule has 2 N–H and O–H groups in total. The van der Waals surface area contributed by atoms with E-state index >= 15 is 0 Å². The summed E-state index contributed by atoms with van der Waals surface area (Å²) >= 11 is 0. The summed E-state index contributed by atoms with van der Waals surface area (Å²) in [6.45, 7) is 4.62. The summed E-state index contributed by atoms with van der Waals surface area (Å²) in [5.41, 5.74) is 4.13. The number of rotatable bonds is 6. The number of carbonyl (C=O) groups excluding carboxylic acids is 1. The van der Waals surface area contributed by atoms with Crippen molar-refractivity contribution in [2.75, 3.05) is 18.9 Å². The van der Waals surface area contributed by atoms with E-state index in [1.165, 1.54) is 6.33 Å². The minimum Gasteiger partial charge on any atom is -0.369 e. The number of carbonyl (C=O) groups is 1. The number of amides is 1. The van der Waals surface area contributed by atoms with E-state index in [1.54, 1.807) is 31.7 Å². The summed E-state index contributed by atoms with van der Waals surface area (Å²) in [5.74, 6) is 1.41. The number of nitrogens with one attached hydrogen (secondary N) is 2. The van der Waals surface area contributed by atoms with Gasteiger partial charge in [-0.25, -0.2) is 19.9 Å². The van der Waals surface area contributed by atoms with Gasteiger partial charge in [0.25, 0.3) is 5.91 Å². The number of hydrogen-bond acceptors (Lipinski definition) is 7. The normalized spacial score (nSPS) is 11.8. The Hall–Kier alpha value is -3.94. The van der Waals surface area contributed by atoms with E-state index in [4.69, 9.17) is 0 Å². The van der Waals surface area contributed by atoms with Crippen LogP contribution in [0.3, 0.4) is 0 Å². The predicted octanol–water partition coefficient (Wildman–Crippen LogP) is 3.37. The number of hydrogen-bond donors (Lipinski definition) is 2. The molecule has 1 atom stereocenters. The van der Waals surface area contributed by atoms with Crippen LogP contribution in [-0.2, 0) is 0 Å². The Morgan fingerprint density at radius 2 is 1.94 bits per heavy atom. The van der Waals surface area contributed by atoms with E-state index in [0.717, 1.165) is 33.5 Å². The molecule has 4 rings (SSSR count). The highest BCUT2D eigenvalue weighted by Gasteiger charge is 2.15. The topological polar surface area (TPSA) is 106 Å². The van der Waals surface area contributed by atoms with Crippen LogP contribution in [0.4, 0.5) is 5.82 Å². The monoisotopic (exact) mass is 413 g/mol. The second-order valence-corrected chi connectivity index (χ2v) is 7.28. The highest BCUT2D eigenvalue weighted by Crippen LogP contribution is 2.27.